The smallest absolute Gasteiger partial charge is 0.202 e. The molecule has 0 saturated carbocycles. The van der Waals surface area contributed by atoms with Crippen LogP contribution in [0.1, 0.15) is 0 Å². The highest BCUT2D eigenvalue weighted by molar-refractivity contribution is 8.02. The first-order chi connectivity index (χ1) is 5.40. The van der Waals surface area contributed by atoms with E-state index in [4.69, 9.17) is 0 Å². The third-order valence-corrected chi connectivity index (χ3v) is 3.94. The molecule has 0 aliphatic heterocycles. The minimum absolute atomic E-state index is 0.0574. The lowest BCUT2D eigenvalue weighted by atomic mass is 11.5. The number of nitrogens with zero attached hydrogens (tertiary/aromatic N) is 1. The van der Waals surface area contributed by atoms with Gasteiger partial charge >= 0.3 is 25.9 Å². The van der Waals surface area contributed by atoms with Crippen molar-refractivity contribution in [1.82, 2.24) is 3.71 Å². The minimum atomic E-state index is -6.16. The van der Waals surface area contributed by atoms with Gasteiger partial charge in [-0.15, -0.1) is 0 Å². The predicted molar refractivity (Wildman–Crippen MR) is 32.8 cm³/mol. The van der Waals surface area contributed by atoms with Crippen LogP contribution in [0.5, 0.6) is 0 Å². The second-order valence-corrected chi connectivity index (χ2v) is 5.34. The molecule has 0 fully saturated rings. The Balaban J connectivity index is 5.37. The molecular formula is C2H3F4NO4S2. The second kappa shape index (κ2) is 3.06. The van der Waals surface area contributed by atoms with E-state index in [0.717, 1.165) is 0 Å². The molecule has 0 rings (SSSR count). The Morgan fingerprint density at radius 2 is 1.38 bits per heavy atom. The standard InChI is InChI=1S/C2H3F4NO4S2/c1-7(13(6,10)11)12(8,9)2(3,4)5/h1H3. The van der Waals surface area contributed by atoms with Crippen LogP contribution in [-0.4, -0.2) is 33.1 Å². The molecule has 0 saturated heterocycles. The van der Waals surface area contributed by atoms with Gasteiger partial charge in [0, 0.05) is 7.05 Å². The fraction of sp³-hybridized carbons (Fsp3) is 1.00. The number of rotatable bonds is 2. The molecule has 0 spiro atoms. The van der Waals surface area contributed by atoms with E-state index in [1.54, 1.807) is 0 Å². The lowest BCUT2D eigenvalue weighted by Gasteiger charge is -2.13. The Morgan fingerprint density at radius 1 is 1.08 bits per heavy atom. The van der Waals surface area contributed by atoms with E-state index in [1.165, 1.54) is 0 Å². The van der Waals surface area contributed by atoms with Crippen molar-refractivity contribution in [2.45, 2.75) is 5.51 Å². The molecule has 0 aliphatic rings. The molecule has 80 valence electrons. The van der Waals surface area contributed by atoms with Crippen molar-refractivity contribution >= 4 is 20.4 Å². The molecule has 0 radical (unpaired) electrons. The van der Waals surface area contributed by atoms with Gasteiger partial charge in [0.15, 0.2) is 0 Å². The maximum absolute atomic E-state index is 11.8. The van der Waals surface area contributed by atoms with Gasteiger partial charge in [-0.25, -0.2) is 8.42 Å². The van der Waals surface area contributed by atoms with Crippen LogP contribution in [0, 0.1) is 0 Å². The van der Waals surface area contributed by atoms with Gasteiger partial charge < -0.3 is 0 Å². The summed E-state index contributed by atoms with van der Waals surface area (Å²) in [5.74, 6) is 0. The van der Waals surface area contributed by atoms with E-state index in [1.807, 2.05) is 0 Å². The summed E-state index contributed by atoms with van der Waals surface area (Å²) < 4.78 is 85.1. The van der Waals surface area contributed by atoms with Gasteiger partial charge in [0.05, 0.1) is 0 Å². The average molecular weight is 245 g/mol. The molecule has 0 aromatic heterocycles. The van der Waals surface area contributed by atoms with E-state index in [0.29, 0.717) is 0 Å². The number of alkyl halides is 3. The summed E-state index contributed by atoms with van der Waals surface area (Å²) in [5, 5.41) is 0. The topological polar surface area (TPSA) is 71.5 Å². The number of halogens is 4. The fourth-order valence-electron chi connectivity index (χ4n) is 0.263. The van der Waals surface area contributed by atoms with Gasteiger partial charge in [-0.2, -0.15) is 21.6 Å². The Morgan fingerprint density at radius 3 is 1.46 bits per heavy atom. The molecule has 0 aromatic carbocycles. The van der Waals surface area contributed by atoms with Gasteiger partial charge in [0.2, 0.25) is 0 Å². The van der Waals surface area contributed by atoms with Gasteiger partial charge in [-0.05, 0) is 0 Å². The molecule has 0 unspecified atom stereocenters. The van der Waals surface area contributed by atoms with E-state index >= 15 is 0 Å². The average Bonchev–Trinajstić information content (AvgIpc) is 1.81. The van der Waals surface area contributed by atoms with Crippen LogP contribution in [0.4, 0.5) is 17.1 Å². The molecular weight excluding hydrogens is 242 g/mol. The SMILES string of the molecule is CN(S(=O)(=O)F)S(=O)(=O)C(F)(F)F. The Kier molecular flexibility index (Phi) is 2.96. The van der Waals surface area contributed by atoms with E-state index < -0.39 is 29.7 Å². The Bertz CT molecular complexity index is 379. The maximum Gasteiger partial charge on any atom is 0.512 e. The molecule has 0 aliphatic carbocycles. The quantitative estimate of drug-likeness (QED) is 0.506. The fourth-order valence-corrected chi connectivity index (χ4v) is 1.75. The van der Waals surface area contributed by atoms with E-state index in [-0.39, 0.29) is 7.05 Å². The first kappa shape index (κ1) is 12.6. The number of hydrogen-bond donors (Lipinski definition) is 0. The largest absolute Gasteiger partial charge is 0.512 e. The lowest BCUT2D eigenvalue weighted by molar-refractivity contribution is -0.0466. The van der Waals surface area contributed by atoms with Crippen molar-refractivity contribution in [3.05, 3.63) is 0 Å². The highest BCUT2D eigenvalue weighted by atomic mass is 32.3. The van der Waals surface area contributed by atoms with Gasteiger partial charge in [-0.3, -0.25) is 0 Å². The third kappa shape index (κ3) is 2.51. The highest BCUT2D eigenvalue weighted by Crippen LogP contribution is 2.27. The first-order valence-corrected chi connectivity index (χ1v) is 5.18. The van der Waals surface area contributed by atoms with Crippen molar-refractivity contribution in [3.8, 4) is 0 Å². The predicted octanol–water partition coefficient (Wildman–Crippen LogP) is -0.0179. The third-order valence-electron chi connectivity index (χ3n) is 0.938. The first-order valence-electron chi connectivity index (χ1n) is 2.40. The van der Waals surface area contributed by atoms with Crippen molar-refractivity contribution in [3.63, 3.8) is 0 Å². The maximum atomic E-state index is 11.8. The molecule has 13 heavy (non-hydrogen) atoms. The van der Waals surface area contributed by atoms with E-state index in [9.17, 15) is 33.9 Å². The molecule has 0 N–H and O–H groups in total. The van der Waals surface area contributed by atoms with Crippen LogP contribution in [0.15, 0.2) is 0 Å². The van der Waals surface area contributed by atoms with E-state index in [2.05, 4.69) is 0 Å². The van der Waals surface area contributed by atoms with Crippen LogP contribution >= 0.6 is 0 Å². The van der Waals surface area contributed by atoms with Crippen LogP contribution in [-0.2, 0) is 20.4 Å². The Hall–Kier alpha value is -0.420. The lowest BCUT2D eigenvalue weighted by Crippen LogP contribution is -2.40. The summed E-state index contributed by atoms with van der Waals surface area (Å²) in [6.45, 7) is 0. The summed E-state index contributed by atoms with van der Waals surface area (Å²) in [5.41, 5.74) is -5.85. The normalized spacial score (nSPS) is 14.9. The van der Waals surface area contributed by atoms with Crippen LogP contribution in [0.25, 0.3) is 0 Å². The van der Waals surface area contributed by atoms with Gasteiger partial charge in [0.25, 0.3) is 0 Å². The van der Waals surface area contributed by atoms with Crippen molar-refractivity contribution in [2.24, 2.45) is 0 Å². The summed E-state index contributed by atoms with van der Waals surface area (Å²) in [4.78, 5) is 0. The van der Waals surface area contributed by atoms with Crippen LogP contribution in [0.2, 0.25) is 0 Å². The molecule has 0 amide bonds. The molecule has 0 atom stereocenters. The monoisotopic (exact) mass is 245 g/mol. The number of hydrogen-bond acceptors (Lipinski definition) is 4. The van der Waals surface area contributed by atoms with Crippen molar-refractivity contribution in [1.29, 1.82) is 0 Å². The second-order valence-electron chi connectivity index (χ2n) is 1.77. The molecule has 0 aromatic rings. The zero-order valence-corrected chi connectivity index (χ0v) is 7.54. The summed E-state index contributed by atoms with van der Waals surface area (Å²) in [6.07, 6.45) is 0. The molecule has 0 bridgehead atoms. The zero-order valence-electron chi connectivity index (χ0n) is 5.91. The van der Waals surface area contributed by atoms with Crippen LogP contribution in [0.3, 0.4) is 0 Å². The van der Waals surface area contributed by atoms with Crippen LogP contribution < -0.4 is 0 Å². The molecule has 0 heterocycles. The minimum Gasteiger partial charge on any atom is -0.202 e. The highest BCUT2D eigenvalue weighted by Gasteiger charge is 2.52. The number of sulfonamides is 1. The Labute approximate surface area is 71.3 Å². The molecule has 11 heteroatoms. The zero-order chi connectivity index (χ0) is 11.1. The summed E-state index contributed by atoms with van der Waals surface area (Å²) >= 11 is 0. The summed E-state index contributed by atoms with van der Waals surface area (Å²) in [6, 6.07) is 0. The van der Waals surface area contributed by atoms with Crippen molar-refractivity contribution < 1.29 is 33.9 Å². The van der Waals surface area contributed by atoms with Gasteiger partial charge in [-0.1, -0.05) is 7.60 Å². The van der Waals surface area contributed by atoms with Crippen molar-refractivity contribution in [2.75, 3.05) is 7.05 Å². The van der Waals surface area contributed by atoms with Gasteiger partial charge in [0.1, 0.15) is 0 Å². The molecule has 5 nitrogen and oxygen atoms in total. The summed E-state index contributed by atoms with van der Waals surface area (Å²) in [7, 11) is -12.1.